The van der Waals surface area contributed by atoms with Gasteiger partial charge < -0.3 is 9.47 Å². The molecule has 0 amide bonds. The van der Waals surface area contributed by atoms with E-state index in [0.29, 0.717) is 18.6 Å². The second kappa shape index (κ2) is 7.59. The van der Waals surface area contributed by atoms with Crippen LogP contribution in [-0.2, 0) is 25.5 Å². The molecule has 0 saturated carbocycles. The number of benzene rings is 1. The first-order chi connectivity index (χ1) is 10.7. The van der Waals surface area contributed by atoms with Crippen LogP contribution in [0.3, 0.4) is 0 Å². The number of fused-ring (bicyclic) bond motifs is 1. The largest absolute Gasteiger partial charge is 0.466 e. The predicted octanol–water partition coefficient (Wildman–Crippen LogP) is 3.07. The van der Waals surface area contributed by atoms with Crippen molar-refractivity contribution in [2.75, 3.05) is 13.2 Å². The monoisotopic (exact) mass is 300 g/mol. The van der Waals surface area contributed by atoms with Crippen molar-refractivity contribution in [2.45, 2.75) is 26.7 Å². The number of hydrogen-bond donors (Lipinski definition) is 0. The van der Waals surface area contributed by atoms with Gasteiger partial charge in [0.15, 0.2) is 0 Å². The summed E-state index contributed by atoms with van der Waals surface area (Å²) in [6, 6.07) is 7.98. The van der Waals surface area contributed by atoms with Crippen molar-refractivity contribution < 1.29 is 19.1 Å². The van der Waals surface area contributed by atoms with Crippen LogP contribution in [0, 0.1) is 0 Å². The van der Waals surface area contributed by atoms with Crippen LogP contribution in [0.4, 0.5) is 0 Å². The van der Waals surface area contributed by atoms with E-state index in [1.165, 1.54) is 0 Å². The standard InChI is InChI=1S/C18H20O4/c1-3-21-17(19)12-16(18(20)22-4-2)15-10-9-13-7-5-6-8-14(13)11-15/h5-10H,3-4,11-12H2,1-2H3. The number of rotatable bonds is 5. The fourth-order valence-corrected chi connectivity index (χ4v) is 2.41. The Kier molecular flexibility index (Phi) is 5.53. The van der Waals surface area contributed by atoms with Gasteiger partial charge in [-0.25, -0.2) is 4.79 Å². The van der Waals surface area contributed by atoms with Gasteiger partial charge in [0.2, 0.25) is 0 Å². The summed E-state index contributed by atoms with van der Waals surface area (Å²) < 4.78 is 10.0. The maximum Gasteiger partial charge on any atom is 0.334 e. The Morgan fingerprint density at radius 1 is 1.05 bits per heavy atom. The number of allylic oxidation sites excluding steroid dienone is 2. The van der Waals surface area contributed by atoms with E-state index in [0.717, 1.165) is 16.7 Å². The van der Waals surface area contributed by atoms with Gasteiger partial charge in [0.1, 0.15) is 0 Å². The number of ether oxygens (including phenoxy) is 2. The van der Waals surface area contributed by atoms with Gasteiger partial charge in [0.05, 0.1) is 25.2 Å². The van der Waals surface area contributed by atoms with E-state index in [4.69, 9.17) is 9.47 Å². The number of hydrogen-bond acceptors (Lipinski definition) is 4. The average molecular weight is 300 g/mol. The summed E-state index contributed by atoms with van der Waals surface area (Å²) in [5.74, 6) is -0.861. The van der Waals surface area contributed by atoms with E-state index in [1.54, 1.807) is 13.8 Å². The molecule has 0 aromatic heterocycles. The van der Waals surface area contributed by atoms with Gasteiger partial charge in [-0.2, -0.15) is 0 Å². The molecular weight excluding hydrogens is 280 g/mol. The van der Waals surface area contributed by atoms with E-state index in [2.05, 4.69) is 0 Å². The third kappa shape index (κ3) is 3.85. The molecule has 0 saturated heterocycles. The van der Waals surface area contributed by atoms with Gasteiger partial charge in [-0.05, 0) is 37.0 Å². The van der Waals surface area contributed by atoms with Crippen LogP contribution in [0.1, 0.15) is 31.4 Å². The van der Waals surface area contributed by atoms with Crippen LogP contribution in [0.25, 0.3) is 6.08 Å². The molecule has 22 heavy (non-hydrogen) atoms. The molecule has 116 valence electrons. The molecule has 4 nitrogen and oxygen atoms in total. The fourth-order valence-electron chi connectivity index (χ4n) is 2.41. The molecule has 1 aromatic carbocycles. The molecule has 0 bridgehead atoms. The maximum atomic E-state index is 12.2. The zero-order valence-corrected chi connectivity index (χ0v) is 12.9. The first-order valence-electron chi connectivity index (χ1n) is 7.46. The van der Waals surface area contributed by atoms with Crippen LogP contribution in [0.5, 0.6) is 0 Å². The lowest BCUT2D eigenvalue weighted by Gasteiger charge is -2.16. The van der Waals surface area contributed by atoms with Gasteiger partial charge >= 0.3 is 11.9 Å². The Balaban J connectivity index is 2.32. The summed E-state index contributed by atoms with van der Waals surface area (Å²) in [5.41, 5.74) is 3.45. The molecule has 0 N–H and O–H groups in total. The Morgan fingerprint density at radius 2 is 1.77 bits per heavy atom. The molecule has 0 atom stereocenters. The summed E-state index contributed by atoms with van der Waals surface area (Å²) in [5, 5.41) is 0. The average Bonchev–Trinajstić information content (AvgIpc) is 2.52. The zero-order valence-electron chi connectivity index (χ0n) is 12.9. The molecule has 0 heterocycles. The Morgan fingerprint density at radius 3 is 2.50 bits per heavy atom. The smallest absolute Gasteiger partial charge is 0.334 e. The molecule has 2 rings (SSSR count). The Labute approximate surface area is 130 Å². The van der Waals surface area contributed by atoms with E-state index in [1.807, 2.05) is 36.4 Å². The number of esters is 2. The SMILES string of the molecule is CCOC(=O)CC(C(=O)OCC)=C1C=Cc2ccccc2C1. The summed E-state index contributed by atoms with van der Waals surface area (Å²) in [6.07, 6.45) is 4.39. The molecule has 0 aliphatic heterocycles. The number of carbonyl (C=O) groups excluding carboxylic acids is 2. The van der Waals surface area contributed by atoms with Gasteiger partial charge in [-0.15, -0.1) is 0 Å². The van der Waals surface area contributed by atoms with Crippen LogP contribution in [0.15, 0.2) is 41.5 Å². The third-order valence-electron chi connectivity index (χ3n) is 3.44. The van der Waals surface area contributed by atoms with Gasteiger partial charge in [-0.1, -0.05) is 36.4 Å². The Hall–Kier alpha value is -2.36. The van der Waals surface area contributed by atoms with Crippen molar-refractivity contribution in [3.05, 3.63) is 52.6 Å². The van der Waals surface area contributed by atoms with Crippen molar-refractivity contribution in [1.29, 1.82) is 0 Å². The van der Waals surface area contributed by atoms with Crippen LogP contribution in [0.2, 0.25) is 0 Å². The van der Waals surface area contributed by atoms with Gasteiger partial charge in [0, 0.05) is 0 Å². The molecule has 4 heteroatoms. The van der Waals surface area contributed by atoms with E-state index in [9.17, 15) is 9.59 Å². The second-order valence-electron chi connectivity index (χ2n) is 4.91. The van der Waals surface area contributed by atoms with Crippen molar-refractivity contribution in [3.63, 3.8) is 0 Å². The molecule has 0 radical (unpaired) electrons. The van der Waals surface area contributed by atoms with E-state index in [-0.39, 0.29) is 13.0 Å². The molecule has 1 aromatic rings. The lowest BCUT2D eigenvalue weighted by molar-refractivity contribution is -0.145. The Bertz CT molecular complexity index is 626. The summed E-state index contributed by atoms with van der Waals surface area (Å²) in [4.78, 5) is 23.9. The first-order valence-corrected chi connectivity index (χ1v) is 7.46. The fraction of sp³-hybridized carbons (Fsp3) is 0.333. The highest BCUT2D eigenvalue weighted by atomic mass is 16.5. The van der Waals surface area contributed by atoms with Crippen LogP contribution < -0.4 is 0 Å². The lowest BCUT2D eigenvalue weighted by atomic mass is 9.90. The molecule has 0 unspecified atom stereocenters. The highest BCUT2D eigenvalue weighted by Crippen LogP contribution is 2.26. The highest BCUT2D eigenvalue weighted by molar-refractivity contribution is 5.95. The minimum atomic E-state index is -0.449. The predicted molar refractivity (Wildman–Crippen MR) is 84.1 cm³/mol. The molecule has 1 aliphatic carbocycles. The van der Waals surface area contributed by atoms with Gasteiger partial charge in [0.25, 0.3) is 0 Å². The minimum absolute atomic E-state index is 0.0610. The number of carbonyl (C=O) groups is 2. The van der Waals surface area contributed by atoms with Crippen molar-refractivity contribution >= 4 is 18.0 Å². The molecule has 0 fully saturated rings. The quantitative estimate of drug-likeness (QED) is 0.619. The highest BCUT2D eigenvalue weighted by Gasteiger charge is 2.21. The molecule has 0 spiro atoms. The maximum absolute atomic E-state index is 12.2. The van der Waals surface area contributed by atoms with Crippen LogP contribution >= 0.6 is 0 Å². The molecular formula is C18H20O4. The molecule has 1 aliphatic rings. The van der Waals surface area contributed by atoms with Crippen molar-refractivity contribution in [2.24, 2.45) is 0 Å². The van der Waals surface area contributed by atoms with Gasteiger partial charge in [-0.3, -0.25) is 4.79 Å². The minimum Gasteiger partial charge on any atom is -0.466 e. The van der Waals surface area contributed by atoms with Crippen LogP contribution in [-0.4, -0.2) is 25.2 Å². The second-order valence-corrected chi connectivity index (χ2v) is 4.91. The summed E-state index contributed by atoms with van der Waals surface area (Å²) in [6.45, 7) is 4.06. The zero-order chi connectivity index (χ0) is 15.9. The van der Waals surface area contributed by atoms with Crippen molar-refractivity contribution in [1.82, 2.24) is 0 Å². The lowest BCUT2D eigenvalue weighted by Crippen LogP contribution is -2.16. The normalized spacial score (nSPS) is 15.0. The first kappa shape index (κ1) is 16.0. The van der Waals surface area contributed by atoms with E-state index >= 15 is 0 Å². The van der Waals surface area contributed by atoms with Crippen molar-refractivity contribution in [3.8, 4) is 0 Å². The summed E-state index contributed by atoms with van der Waals surface area (Å²) in [7, 11) is 0. The topological polar surface area (TPSA) is 52.6 Å². The third-order valence-corrected chi connectivity index (χ3v) is 3.44. The summed E-state index contributed by atoms with van der Waals surface area (Å²) >= 11 is 0. The van der Waals surface area contributed by atoms with E-state index < -0.39 is 11.9 Å².